The van der Waals surface area contributed by atoms with E-state index in [0.717, 1.165) is 23.7 Å². The highest BCUT2D eigenvalue weighted by atomic mass is 35.5. The summed E-state index contributed by atoms with van der Waals surface area (Å²) in [4.78, 5) is 6.51. The molecule has 2 aliphatic heterocycles. The summed E-state index contributed by atoms with van der Waals surface area (Å²) >= 11 is 5.93. The zero-order chi connectivity index (χ0) is 12.8. The molecule has 4 nitrogen and oxygen atoms in total. The van der Waals surface area contributed by atoms with Crippen LogP contribution in [0.4, 0.5) is 5.69 Å². The number of hydrogen-bond donors (Lipinski definition) is 1. The molecule has 1 aromatic rings. The van der Waals surface area contributed by atoms with Crippen LogP contribution in [0.5, 0.6) is 0 Å². The quantitative estimate of drug-likeness (QED) is 0.845. The van der Waals surface area contributed by atoms with Crippen LogP contribution in [0.1, 0.15) is 13.3 Å². The smallest absolute Gasteiger partial charge is 0.196 e. The van der Waals surface area contributed by atoms with E-state index >= 15 is 0 Å². The second-order valence-electron chi connectivity index (χ2n) is 4.85. The molecular weight excluding hydrogens is 250 g/mol. The summed E-state index contributed by atoms with van der Waals surface area (Å²) in [6.07, 6.45) is 1.07. The number of benzene rings is 1. The fourth-order valence-electron chi connectivity index (χ4n) is 2.84. The molecule has 1 fully saturated rings. The maximum absolute atomic E-state index is 6.05. The van der Waals surface area contributed by atoms with Gasteiger partial charge in [0, 0.05) is 17.3 Å². The van der Waals surface area contributed by atoms with Gasteiger partial charge in [0.05, 0.1) is 18.2 Å². The highest BCUT2D eigenvalue weighted by Crippen LogP contribution is 2.39. The highest BCUT2D eigenvalue weighted by molar-refractivity contribution is 6.30. The monoisotopic (exact) mass is 265 g/mol. The first-order chi connectivity index (χ1) is 8.63. The normalized spacial score (nSPS) is 31.1. The Morgan fingerprint density at radius 3 is 2.78 bits per heavy atom. The summed E-state index contributed by atoms with van der Waals surface area (Å²) in [5.41, 5.74) is 6.95. The predicted octanol–water partition coefficient (Wildman–Crippen LogP) is 2.02. The Balaban J connectivity index is 2.02. The molecule has 18 heavy (non-hydrogen) atoms. The van der Waals surface area contributed by atoms with Crippen LogP contribution in [0.15, 0.2) is 29.3 Å². The first-order valence-electron chi connectivity index (χ1n) is 6.11. The van der Waals surface area contributed by atoms with Gasteiger partial charge < -0.3 is 15.4 Å². The van der Waals surface area contributed by atoms with E-state index in [1.165, 1.54) is 0 Å². The third kappa shape index (κ3) is 1.60. The van der Waals surface area contributed by atoms with Crippen LogP contribution in [0, 0.1) is 0 Å². The van der Waals surface area contributed by atoms with Crippen molar-refractivity contribution in [3.05, 3.63) is 29.3 Å². The number of guanidine groups is 1. The van der Waals surface area contributed by atoms with Gasteiger partial charge in [-0.1, -0.05) is 11.6 Å². The van der Waals surface area contributed by atoms with Crippen molar-refractivity contribution in [2.24, 2.45) is 10.7 Å². The number of hydrogen-bond acceptors (Lipinski definition) is 4. The summed E-state index contributed by atoms with van der Waals surface area (Å²) in [5, 5.41) is 0.721. The first-order valence-corrected chi connectivity index (χ1v) is 6.49. The van der Waals surface area contributed by atoms with E-state index < -0.39 is 0 Å². The van der Waals surface area contributed by atoms with Crippen molar-refractivity contribution in [3.63, 3.8) is 0 Å². The summed E-state index contributed by atoms with van der Waals surface area (Å²) in [5.74, 6) is 0.565. The molecular formula is C13H16ClN3O. The van der Waals surface area contributed by atoms with Crippen LogP contribution in [0.25, 0.3) is 0 Å². The lowest BCUT2D eigenvalue weighted by atomic mass is 9.90. The average Bonchev–Trinajstić information content (AvgIpc) is 2.88. The number of anilines is 1. The summed E-state index contributed by atoms with van der Waals surface area (Å²) in [6.45, 7) is 3.54. The van der Waals surface area contributed by atoms with Crippen LogP contribution in [-0.2, 0) is 4.74 Å². The van der Waals surface area contributed by atoms with Gasteiger partial charge in [-0.05, 0) is 37.6 Å². The van der Waals surface area contributed by atoms with Crippen LogP contribution in [-0.4, -0.2) is 30.8 Å². The molecule has 1 spiro atoms. The second kappa shape index (κ2) is 4.14. The maximum Gasteiger partial charge on any atom is 0.196 e. The topological polar surface area (TPSA) is 50.9 Å². The lowest BCUT2D eigenvalue weighted by Gasteiger charge is -2.38. The Morgan fingerprint density at radius 2 is 2.17 bits per heavy atom. The second-order valence-corrected chi connectivity index (χ2v) is 5.29. The molecule has 2 N–H and O–H groups in total. The minimum atomic E-state index is -0.127. The molecule has 0 amide bonds. The van der Waals surface area contributed by atoms with Crippen molar-refractivity contribution in [3.8, 4) is 0 Å². The van der Waals surface area contributed by atoms with Gasteiger partial charge in [-0.2, -0.15) is 0 Å². The van der Waals surface area contributed by atoms with Gasteiger partial charge in [0.1, 0.15) is 0 Å². The van der Waals surface area contributed by atoms with Crippen molar-refractivity contribution in [2.45, 2.75) is 25.0 Å². The number of halogens is 1. The zero-order valence-electron chi connectivity index (χ0n) is 10.3. The Bertz CT molecular complexity index is 488. The highest BCUT2D eigenvalue weighted by Gasteiger charge is 2.50. The molecule has 96 valence electrons. The lowest BCUT2D eigenvalue weighted by Crippen LogP contribution is -2.56. The number of ether oxygens (including phenoxy) is 1. The molecule has 2 heterocycles. The van der Waals surface area contributed by atoms with E-state index in [-0.39, 0.29) is 11.6 Å². The third-order valence-electron chi connectivity index (χ3n) is 3.93. The lowest BCUT2D eigenvalue weighted by molar-refractivity contribution is 0.100. The van der Waals surface area contributed by atoms with Crippen molar-refractivity contribution < 1.29 is 4.74 Å². The van der Waals surface area contributed by atoms with Crippen molar-refractivity contribution >= 4 is 23.2 Å². The molecule has 2 aliphatic rings. The Kier molecular flexibility index (Phi) is 2.72. The van der Waals surface area contributed by atoms with Gasteiger partial charge in [-0.3, -0.25) is 4.99 Å². The average molecular weight is 266 g/mol. The van der Waals surface area contributed by atoms with E-state index in [9.17, 15) is 0 Å². The molecule has 2 unspecified atom stereocenters. The Hall–Kier alpha value is -1.26. The van der Waals surface area contributed by atoms with Crippen LogP contribution in [0.3, 0.4) is 0 Å². The van der Waals surface area contributed by atoms with E-state index in [0.29, 0.717) is 12.5 Å². The van der Waals surface area contributed by atoms with Gasteiger partial charge in [0.2, 0.25) is 0 Å². The largest absolute Gasteiger partial charge is 0.376 e. The summed E-state index contributed by atoms with van der Waals surface area (Å²) < 4.78 is 5.72. The van der Waals surface area contributed by atoms with E-state index in [1.54, 1.807) is 0 Å². The number of aliphatic imine (C=N–C) groups is 1. The number of rotatable bonds is 1. The minimum absolute atomic E-state index is 0.123. The molecule has 0 saturated carbocycles. The SMILES string of the molecule is CC1OCCC12CN=C(N)N2c1ccc(Cl)cc1. The molecule has 1 aromatic carbocycles. The van der Waals surface area contributed by atoms with Gasteiger partial charge in [0.15, 0.2) is 5.96 Å². The third-order valence-corrected chi connectivity index (χ3v) is 4.19. The van der Waals surface area contributed by atoms with Crippen LogP contribution >= 0.6 is 11.6 Å². The summed E-state index contributed by atoms with van der Waals surface area (Å²) in [7, 11) is 0. The molecule has 5 heteroatoms. The molecule has 0 radical (unpaired) electrons. The molecule has 3 rings (SSSR count). The Labute approximate surface area is 111 Å². The van der Waals surface area contributed by atoms with Gasteiger partial charge in [-0.15, -0.1) is 0 Å². The minimum Gasteiger partial charge on any atom is -0.376 e. The molecule has 0 bridgehead atoms. The zero-order valence-corrected chi connectivity index (χ0v) is 11.0. The summed E-state index contributed by atoms with van der Waals surface area (Å²) in [6, 6.07) is 7.69. The standard InChI is InChI=1S/C13H16ClN3O/c1-9-13(6-7-18-9)8-16-12(15)17(13)11-4-2-10(14)3-5-11/h2-5,9H,6-8H2,1H3,(H2,15,16). The Morgan fingerprint density at radius 1 is 1.44 bits per heavy atom. The van der Waals surface area contributed by atoms with E-state index in [1.807, 2.05) is 24.3 Å². The van der Waals surface area contributed by atoms with Crippen molar-refractivity contribution in [2.75, 3.05) is 18.1 Å². The predicted molar refractivity (Wildman–Crippen MR) is 73.2 cm³/mol. The van der Waals surface area contributed by atoms with Crippen LogP contribution in [0.2, 0.25) is 5.02 Å². The molecule has 0 aliphatic carbocycles. The van der Waals surface area contributed by atoms with E-state index in [4.69, 9.17) is 22.1 Å². The van der Waals surface area contributed by atoms with Gasteiger partial charge in [0.25, 0.3) is 0 Å². The molecule has 2 atom stereocenters. The van der Waals surface area contributed by atoms with E-state index in [2.05, 4.69) is 16.8 Å². The van der Waals surface area contributed by atoms with Gasteiger partial charge in [-0.25, -0.2) is 0 Å². The molecule has 0 aromatic heterocycles. The van der Waals surface area contributed by atoms with Crippen molar-refractivity contribution in [1.82, 2.24) is 0 Å². The molecule has 1 saturated heterocycles. The van der Waals surface area contributed by atoms with Crippen molar-refractivity contribution in [1.29, 1.82) is 0 Å². The van der Waals surface area contributed by atoms with Crippen LogP contribution < -0.4 is 10.6 Å². The first kappa shape index (κ1) is 11.8. The fourth-order valence-corrected chi connectivity index (χ4v) is 2.97. The number of nitrogens with two attached hydrogens (primary N) is 1. The maximum atomic E-state index is 6.05. The number of nitrogens with zero attached hydrogens (tertiary/aromatic N) is 2. The fraction of sp³-hybridized carbons (Fsp3) is 0.462. The van der Waals surface area contributed by atoms with Gasteiger partial charge >= 0.3 is 0 Å².